The summed E-state index contributed by atoms with van der Waals surface area (Å²) in [4.78, 5) is 0. The molecule has 0 radical (unpaired) electrons. The molecule has 1 N–H and O–H groups in total. The Morgan fingerprint density at radius 1 is 1.19 bits per heavy atom. The van der Waals surface area contributed by atoms with Crippen LogP contribution in [0.4, 0.5) is 0 Å². The minimum atomic E-state index is 0.577. The molecule has 2 rings (SSSR count). The third-order valence-electron chi connectivity index (χ3n) is 3.04. The lowest BCUT2D eigenvalue weighted by Gasteiger charge is -2.09. The van der Waals surface area contributed by atoms with E-state index in [-0.39, 0.29) is 0 Å². The van der Waals surface area contributed by atoms with E-state index in [1.807, 2.05) is 31.2 Å². The molecule has 0 aliphatic carbocycles. The van der Waals surface area contributed by atoms with Gasteiger partial charge in [-0.05, 0) is 42.3 Å². The Morgan fingerprint density at radius 3 is 2.76 bits per heavy atom. The van der Waals surface area contributed by atoms with Crippen molar-refractivity contribution in [3.8, 4) is 11.8 Å². The van der Waals surface area contributed by atoms with Crippen LogP contribution in [-0.2, 0) is 13.1 Å². The molecule has 0 fully saturated rings. The predicted octanol–water partition coefficient (Wildman–Crippen LogP) is 3.90. The maximum atomic E-state index is 8.81. The van der Waals surface area contributed by atoms with Crippen LogP contribution in [0.1, 0.15) is 23.6 Å². The first-order valence-corrected chi connectivity index (χ1v) is 7.21. The zero-order chi connectivity index (χ0) is 15.1. The molecule has 0 atom stereocenters. The Labute approximate surface area is 130 Å². The normalized spacial score (nSPS) is 10.1. The summed E-state index contributed by atoms with van der Waals surface area (Å²) < 4.78 is 5.48. The molecule has 0 saturated heterocycles. The molecule has 0 spiro atoms. The minimum absolute atomic E-state index is 0.577. The summed E-state index contributed by atoms with van der Waals surface area (Å²) >= 11 is 6.15. The van der Waals surface area contributed by atoms with Gasteiger partial charge in [-0.25, -0.2) is 0 Å². The Morgan fingerprint density at radius 2 is 2.05 bits per heavy atom. The van der Waals surface area contributed by atoms with Crippen molar-refractivity contribution in [3.63, 3.8) is 0 Å². The lowest BCUT2D eigenvalue weighted by atomic mass is 10.1. The molecule has 0 heterocycles. The molecule has 0 aliphatic heterocycles. The van der Waals surface area contributed by atoms with Crippen LogP contribution in [0.25, 0.3) is 0 Å². The third-order valence-corrected chi connectivity index (χ3v) is 3.39. The lowest BCUT2D eigenvalue weighted by Crippen LogP contribution is -2.13. The molecule has 2 aromatic carbocycles. The second kappa shape index (κ2) is 7.68. The summed E-state index contributed by atoms with van der Waals surface area (Å²) in [6, 6.07) is 15.4. The average Bonchev–Trinajstić information content (AvgIpc) is 2.49. The molecule has 0 saturated carbocycles. The van der Waals surface area contributed by atoms with Gasteiger partial charge in [0, 0.05) is 18.1 Å². The fourth-order valence-electron chi connectivity index (χ4n) is 2.01. The van der Waals surface area contributed by atoms with Crippen LogP contribution in [0.15, 0.2) is 42.5 Å². The van der Waals surface area contributed by atoms with Gasteiger partial charge in [0.25, 0.3) is 0 Å². The largest absolute Gasteiger partial charge is 0.494 e. The van der Waals surface area contributed by atoms with Gasteiger partial charge in [-0.3, -0.25) is 0 Å². The van der Waals surface area contributed by atoms with E-state index in [4.69, 9.17) is 21.6 Å². The van der Waals surface area contributed by atoms with Gasteiger partial charge < -0.3 is 10.1 Å². The van der Waals surface area contributed by atoms with Crippen LogP contribution < -0.4 is 10.1 Å². The van der Waals surface area contributed by atoms with Crippen LogP contribution in [0.2, 0.25) is 5.02 Å². The number of hydrogen-bond acceptors (Lipinski definition) is 3. The molecule has 2 aromatic rings. The van der Waals surface area contributed by atoms with Crippen molar-refractivity contribution in [1.82, 2.24) is 5.32 Å². The van der Waals surface area contributed by atoms with Crippen molar-refractivity contribution in [2.24, 2.45) is 0 Å². The molecule has 3 nitrogen and oxygen atoms in total. The highest BCUT2D eigenvalue weighted by molar-refractivity contribution is 6.31. The van der Waals surface area contributed by atoms with Crippen LogP contribution in [0.5, 0.6) is 5.75 Å². The van der Waals surface area contributed by atoms with Crippen LogP contribution in [0, 0.1) is 11.3 Å². The topological polar surface area (TPSA) is 45.0 Å². The van der Waals surface area contributed by atoms with Crippen molar-refractivity contribution in [2.75, 3.05) is 6.61 Å². The molecular formula is C17H17ClN2O. The summed E-state index contributed by atoms with van der Waals surface area (Å²) in [5.74, 6) is 0.883. The number of halogens is 1. The Bertz CT molecular complexity index is 649. The summed E-state index contributed by atoms with van der Waals surface area (Å²) in [6.07, 6.45) is 0. The fourth-order valence-corrected chi connectivity index (χ4v) is 2.26. The highest BCUT2D eigenvalue weighted by Gasteiger charge is 2.02. The molecule has 0 unspecified atom stereocenters. The van der Waals surface area contributed by atoms with Crippen molar-refractivity contribution in [3.05, 3.63) is 64.2 Å². The zero-order valence-corrected chi connectivity index (χ0v) is 12.7. The molecule has 0 amide bonds. The van der Waals surface area contributed by atoms with Gasteiger partial charge in [0.2, 0.25) is 0 Å². The standard InChI is InChI=1S/C17H17ClN2O/c1-2-21-16-5-3-4-14(8-16)11-20-12-15-7-6-13(10-19)9-17(15)18/h3-9,20H,2,11-12H2,1H3. The predicted molar refractivity (Wildman–Crippen MR) is 84.3 cm³/mol. The summed E-state index contributed by atoms with van der Waals surface area (Å²) in [5, 5.41) is 12.8. The first-order chi connectivity index (χ1) is 10.2. The number of benzene rings is 2. The lowest BCUT2D eigenvalue weighted by molar-refractivity contribution is 0.340. The molecule has 0 bridgehead atoms. The Balaban J connectivity index is 1.92. The Kier molecular flexibility index (Phi) is 5.62. The molecule has 21 heavy (non-hydrogen) atoms. The van der Waals surface area contributed by atoms with E-state index in [9.17, 15) is 0 Å². The number of ether oxygens (including phenoxy) is 1. The number of nitrogens with zero attached hydrogens (tertiary/aromatic N) is 1. The second-order valence-electron chi connectivity index (χ2n) is 4.60. The highest BCUT2D eigenvalue weighted by Crippen LogP contribution is 2.18. The van der Waals surface area contributed by atoms with Gasteiger partial charge in [0.1, 0.15) is 5.75 Å². The van der Waals surface area contributed by atoms with Gasteiger partial charge in [-0.2, -0.15) is 5.26 Å². The first kappa shape index (κ1) is 15.4. The third kappa shape index (κ3) is 4.49. The van der Waals surface area contributed by atoms with Gasteiger partial charge >= 0.3 is 0 Å². The molecule has 4 heteroatoms. The molecule has 0 aromatic heterocycles. The first-order valence-electron chi connectivity index (χ1n) is 6.84. The summed E-state index contributed by atoms with van der Waals surface area (Å²) in [6.45, 7) is 4.02. The Hall–Kier alpha value is -2.02. The summed E-state index contributed by atoms with van der Waals surface area (Å²) in [7, 11) is 0. The van der Waals surface area contributed by atoms with Crippen LogP contribution in [0.3, 0.4) is 0 Å². The molecule has 0 aliphatic rings. The molecular weight excluding hydrogens is 284 g/mol. The van der Waals surface area contributed by atoms with E-state index in [0.29, 0.717) is 23.7 Å². The maximum Gasteiger partial charge on any atom is 0.119 e. The van der Waals surface area contributed by atoms with E-state index < -0.39 is 0 Å². The fraction of sp³-hybridized carbons (Fsp3) is 0.235. The quantitative estimate of drug-likeness (QED) is 0.880. The van der Waals surface area contributed by atoms with E-state index in [1.165, 1.54) is 0 Å². The van der Waals surface area contributed by atoms with Gasteiger partial charge in [-0.15, -0.1) is 0 Å². The number of rotatable bonds is 6. The zero-order valence-electron chi connectivity index (χ0n) is 11.9. The van der Waals surface area contributed by atoms with Gasteiger partial charge in [0.15, 0.2) is 0 Å². The van der Waals surface area contributed by atoms with Crippen molar-refractivity contribution in [1.29, 1.82) is 5.26 Å². The highest BCUT2D eigenvalue weighted by atomic mass is 35.5. The molecule has 108 valence electrons. The van der Waals surface area contributed by atoms with Gasteiger partial charge in [-0.1, -0.05) is 29.8 Å². The number of nitrogens with one attached hydrogen (secondary N) is 1. The minimum Gasteiger partial charge on any atom is -0.494 e. The SMILES string of the molecule is CCOc1cccc(CNCc2ccc(C#N)cc2Cl)c1. The monoisotopic (exact) mass is 300 g/mol. The maximum absolute atomic E-state index is 8.81. The van der Waals surface area contributed by atoms with E-state index in [1.54, 1.807) is 12.1 Å². The van der Waals surface area contributed by atoms with E-state index in [0.717, 1.165) is 23.4 Å². The number of hydrogen-bond donors (Lipinski definition) is 1. The van der Waals surface area contributed by atoms with E-state index in [2.05, 4.69) is 17.5 Å². The van der Waals surface area contributed by atoms with Crippen molar-refractivity contribution >= 4 is 11.6 Å². The van der Waals surface area contributed by atoms with Crippen molar-refractivity contribution in [2.45, 2.75) is 20.0 Å². The second-order valence-corrected chi connectivity index (χ2v) is 5.01. The van der Waals surface area contributed by atoms with Gasteiger partial charge in [0.05, 0.1) is 18.2 Å². The smallest absolute Gasteiger partial charge is 0.119 e. The average molecular weight is 301 g/mol. The van der Waals surface area contributed by atoms with Crippen molar-refractivity contribution < 1.29 is 4.74 Å². The van der Waals surface area contributed by atoms with Crippen LogP contribution in [-0.4, -0.2) is 6.61 Å². The van der Waals surface area contributed by atoms with Crippen LogP contribution >= 0.6 is 11.6 Å². The summed E-state index contributed by atoms with van der Waals surface area (Å²) in [5.41, 5.74) is 2.72. The number of nitriles is 1. The van der Waals surface area contributed by atoms with E-state index >= 15 is 0 Å².